The van der Waals surface area contributed by atoms with Crippen molar-refractivity contribution in [2.75, 3.05) is 27.4 Å². The van der Waals surface area contributed by atoms with Gasteiger partial charge in [0.1, 0.15) is 5.75 Å². The molecular weight excluding hydrogens is 330 g/mol. The minimum absolute atomic E-state index is 0.201. The summed E-state index contributed by atoms with van der Waals surface area (Å²) in [5.41, 5.74) is 1.97. The van der Waals surface area contributed by atoms with Gasteiger partial charge in [-0.25, -0.2) is 0 Å². The van der Waals surface area contributed by atoms with Gasteiger partial charge in [0.15, 0.2) is 11.5 Å². The first-order valence-electron chi connectivity index (χ1n) is 9.02. The molecular formula is C21H27NO4. The number of para-hydroxylation sites is 2. The standard InChI is InChI=1S/C21H27NO4/c1-24-19-10-4-3-7-16(19)13-22(15-18-9-6-12-26-18)14-17-8-5-11-20(25-2)21(17)23/h3-5,7-8,10-11,18,23H,6,9,12-15H2,1-2H3. The zero-order valence-corrected chi connectivity index (χ0v) is 15.5. The number of hydrogen-bond acceptors (Lipinski definition) is 5. The third-order valence-corrected chi connectivity index (χ3v) is 4.77. The molecule has 140 valence electrons. The van der Waals surface area contributed by atoms with E-state index < -0.39 is 0 Å². The van der Waals surface area contributed by atoms with Crippen molar-refractivity contribution in [1.29, 1.82) is 0 Å². The predicted molar refractivity (Wildman–Crippen MR) is 101 cm³/mol. The number of aromatic hydroxyl groups is 1. The first-order chi connectivity index (χ1) is 12.7. The molecule has 1 aliphatic heterocycles. The Morgan fingerprint density at radius 1 is 1.00 bits per heavy atom. The van der Waals surface area contributed by atoms with Gasteiger partial charge in [-0.15, -0.1) is 0 Å². The number of methoxy groups -OCH3 is 2. The van der Waals surface area contributed by atoms with Crippen molar-refractivity contribution in [3.05, 3.63) is 53.6 Å². The topological polar surface area (TPSA) is 51.2 Å². The Morgan fingerprint density at radius 2 is 1.69 bits per heavy atom. The van der Waals surface area contributed by atoms with Crippen LogP contribution in [0.3, 0.4) is 0 Å². The first kappa shape index (κ1) is 18.5. The number of nitrogens with zero attached hydrogens (tertiary/aromatic N) is 1. The maximum atomic E-state index is 10.5. The van der Waals surface area contributed by atoms with E-state index in [1.807, 2.05) is 30.3 Å². The molecule has 0 amide bonds. The maximum absolute atomic E-state index is 10.5. The number of rotatable bonds is 8. The van der Waals surface area contributed by atoms with Crippen LogP contribution in [-0.4, -0.2) is 43.5 Å². The van der Waals surface area contributed by atoms with Gasteiger partial charge in [-0.05, 0) is 25.0 Å². The van der Waals surface area contributed by atoms with Gasteiger partial charge in [-0.2, -0.15) is 0 Å². The summed E-state index contributed by atoms with van der Waals surface area (Å²) in [4.78, 5) is 2.29. The molecule has 5 heteroatoms. The molecule has 3 rings (SSSR count). The molecule has 0 bridgehead atoms. The molecule has 0 aromatic heterocycles. The van der Waals surface area contributed by atoms with Gasteiger partial charge in [0.05, 0.1) is 20.3 Å². The molecule has 1 fully saturated rings. The van der Waals surface area contributed by atoms with Crippen molar-refractivity contribution in [3.8, 4) is 17.2 Å². The van der Waals surface area contributed by atoms with E-state index in [1.165, 1.54) is 0 Å². The van der Waals surface area contributed by atoms with Crippen molar-refractivity contribution in [3.63, 3.8) is 0 Å². The van der Waals surface area contributed by atoms with E-state index in [0.29, 0.717) is 12.3 Å². The van der Waals surface area contributed by atoms with Crippen LogP contribution in [0.4, 0.5) is 0 Å². The van der Waals surface area contributed by atoms with Gasteiger partial charge in [0.25, 0.3) is 0 Å². The lowest BCUT2D eigenvalue weighted by atomic mass is 10.1. The van der Waals surface area contributed by atoms with E-state index in [1.54, 1.807) is 20.3 Å². The average molecular weight is 357 g/mol. The van der Waals surface area contributed by atoms with Gasteiger partial charge < -0.3 is 19.3 Å². The second-order valence-electron chi connectivity index (χ2n) is 6.58. The summed E-state index contributed by atoms with van der Waals surface area (Å²) in [7, 11) is 3.26. The van der Waals surface area contributed by atoms with Gasteiger partial charge in [0.2, 0.25) is 0 Å². The summed E-state index contributed by atoms with van der Waals surface area (Å²) in [6.07, 6.45) is 2.42. The Morgan fingerprint density at radius 3 is 2.42 bits per heavy atom. The summed E-state index contributed by atoms with van der Waals surface area (Å²) < 4.78 is 16.6. The van der Waals surface area contributed by atoms with Gasteiger partial charge >= 0.3 is 0 Å². The molecule has 5 nitrogen and oxygen atoms in total. The fourth-order valence-corrected chi connectivity index (χ4v) is 3.44. The lowest BCUT2D eigenvalue weighted by molar-refractivity contribution is 0.0673. The molecule has 1 atom stereocenters. The Hall–Kier alpha value is -2.24. The number of phenolic OH excluding ortho intramolecular Hbond substituents is 1. The zero-order chi connectivity index (χ0) is 18.4. The lowest BCUT2D eigenvalue weighted by Crippen LogP contribution is -2.31. The van der Waals surface area contributed by atoms with Crippen LogP contribution in [0.2, 0.25) is 0 Å². The smallest absolute Gasteiger partial charge is 0.162 e. The van der Waals surface area contributed by atoms with Gasteiger partial charge in [-0.3, -0.25) is 4.90 Å². The van der Waals surface area contributed by atoms with Crippen LogP contribution in [0.5, 0.6) is 17.2 Å². The normalized spacial score (nSPS) is 16.8. The van der Waals surface area contributed by atoms with Crippen LogP contribution >= 0.6 is 0 Å². The van der Waals surface area contributed by atoms with E-state index in [4.69, 9.17) is 14.2 Å². The highest BCUT2D eigenvalue weighted by Gasteiger charge is 2.21. The SMILES string of the molecule is COc1ccccc1CN(Cc1cccc(OC)c1O)CC1CCCO1. The summed E-state index contributed by atoms with van der Waals surface area (Å²) in [5, 5.41) is 10.5. The lowest BCUT2D eigenvalue weighted by Gasteiger charge is -2.26. The molecule has 2 aromatic rings. The molecule has 1 heterocycles. The summed E-state index contributed by atoms with van der Waals surface area (Å²) in [5.74, 6) is 1.57. The third kappa shape index (κ3) is 4.48. The summed E-state index contributed by atoms with van der Waals surface area (Å²) >= 11 is 0. The Labute approximate surface area is 155 Å². The number of hydrogen-bond donors (Lipinski definition) is 1. The first-order valence-corrected chi connectivity index (χ1v) is 9.02. The number of benzene rings is 2. The van der Waals surface area contributed by atoms with Gasteiger partial charge in [0, 0.05) is 37.4 Å². The van der Waals surface area contributed by atoms with E-state index >= 15 is 0 Å². The molecule has 1 saturated heterocycles. The van der Waals surface area contributed by atoms with Crippen LogP contribution in [0, 0.1) is 0 Å². The second-order valence-corrected chi connectivity index (χ2v) is 6.58. The molecule has 26 heavy (non-hydrogen) atoms. The number of ether oxygens (including phenoxy) is 3. The predicted octanol–water partition coefficient (Wildman–Crippen LogP) is 3.59. The maximum Gasteiger partial charge on any atom is 0.162 e. The van der Waals surface area contributed by atoms with E-state index in [2.05, 4.69) is 11.0 Å². The molecule has 0 spiro atoms. The monoisotopic (exact) mass is 357 g/mol. The fraction of sp³-hybridized carbons (Fsp3) is 0.429. The van der Waals surface area contributed by atoms with Crippen LogP contribution in [0.15, 0.2) is 42.5 Å². The highest BCUT2D eigenvalue weighted by Crippen LogP contribution is 2.31. The molecule has 0 radical (unpaired) electrons. The van der Waals surface area contributed by atoms with Crippen molar-refractivity contribution >= 4 is 0 Å². The highest BCUT2D eigenvalue weighted by molar-refractivity contribution is 5.45. The van der Waals surface area contributed by atoms with Gasteiger partial charge in [-0.1, -0.05) is 30.3 Å². The van der Waals surface area contributed by atoms with Crippen LogP contribution in [-0.2, 0) is 17.8 Å². The molecule has 1 N–H and O–H groups in total. The Balaban J connectivity index is 1.81. The summed E-state index contributed by atoms with van der Waals surface area (Å²) in [6, 6.07) is 13.6. The van der Waals surface area contributed by atoms with Crippen molar-refractivity contribution in [2.24, 2.45) is 0 Å². The zero-order valence-electron chi connectivity index (χ0n) is 15.5. The van der Waals surface area contributed by atoms with E-state index in [0.717, 1.165) is 49.4 Å². The molecule has 0 aliphatic carbocycles. The van der Waals surface area contributed by atoms with Crippen LogP contribution < -0.4 is 9.47 Å². The molecule has 1 unspecified atom stereocenters. The van der Waals surface area contributed by atoms with E-state index in [-0.39, 0.29) is 11.9 Å². The molecule has 0 saturated carbocycles. The van der Waals surface area contributed by atoms with Crippen molar-refractivity contribution in [2.45, 2.75) is 32.0 Å². The minimum atomic E-state index is 0.201. The Kier molecular flexibility index (Phi) is 6.36. The average Bonchev–Trinajstić information content (AvgIpc) is 3.17. The highest BCUT2D eigenvalue weighted by atomic mass is 16.5. The van der Waals surface area contributed by atoms with Crippen LogP contribution in [0.25, 0.3) is 0 Å². The quantitative estimate of drug-likeness (QED) is 0.782. The number of phenols is 1. The molecule has 1 aliphatic rings. The van der Waals surface area contributed by atoms with E-state index in [9.17, 15) is 5.11 Å². The Bertz CT molecular complexity index is 713. The summed E-state index contributed by atoms with van der Waals surface area (Å²) in [6.45, 7) is 2.98. The minimum Gasteiger partial charge on any atom is -0.504 e. The van der Waals surface area contributed by atoms with Crippen molar-refractivity contribution < 1.29 is 19.3 Å². The fourth-order valence-electron chi connectivity index (χ4n) is 3.44. The van der Waals surface area contributed by atoms with Crippen molar-refractivity contribution in [1.82, 2.24) is 4.90 Å². The second kappa shape index (κ2) is 8.92. The largest absolute Gasteiger partial charge is 0.504 e. The third-order valence-electron chi connectivity index (χ3n) is 4.77. The molecule has 2 aromatic carbocycles. The van der Waals surface area contributed by atoms with Crippen LogP contribution in [0.1, 0.15) is 24.0 Å².